The molecular weight excluding hydrogens is 216 g/mol. The van der Waals surface area contributed by atoms with Gasteiger partial charge in [-0.3, -0.25) is 4.79 Å². The minimum atomic E-state index is -0.378. The molecule has 1 aliphatic rings. The van der Waals surface area contributed by atoms with Gasteiger partial charge in [0.15, 0.2) is 0 Å². The predicted molar refractivity (Wildman–Crippen MR) is 68.7 cm³/mol. The Morgan fingerprint density at radius 3 is 2.29 bits per heavy atom. The van der Waals surface area contributed by atoms with Gasteiger partial charge in [-0.15, -0.1) is 0 Å². The molecule has 0 aromatic heterocycles. The van der Waals surface area contributed by atoms with Crippen LogP contribution >= 0.6 is 0 Å². The second-order valence-electron chi connectivity index (χ2n) is 4.89. The lowest BCUT2D eigenvalue weighted by Gasteiger charge is -2.34. The summed E-state index contributed by atoms with van der Waals surface area (Å²) in [5, 5.41) is 0. The van der Waals surface area contributed by atoms with E-state index in [0.29, 0.717) is 6.54 Å². The third-order valence-corrected chi connectivity index (χ3v) is 3.85. The van der Waals surface area contributed by atoms with Crippen LogP contribution in [0.5, 0.6) is 0 Å². The Morgan fingerprint density at radius 2 is 1.88 bits per heavy atom. The molecule has 1 unspecified atom stereocenters. The predicted octanol–water partition coefficient (Wildman–Crippen LogP) is 1.53. The van der Waals surface area contributed by atoms with Crippen LogP contribution in [0.1, 0.15) is 46.5 Å². The van der Waals surface area contributed by atoms with Crippen molar-refractivity contribution in [1.29, 1.82) is 0 Å². The van der Waals surface area contributed by atoms with Crippen LogP contribution in [0.25, 0.3) is 0 Å². The van der Waals surface area contributed by atoms with Gasteiger partial charge < -0.3 is 15.4 Å². The van der Waals surface area contributed by atoms with Gasteiger partial charge >= 0.3 is 0 Å². The molecule has 0 bridgehead atoms. The van der Waals surface area contributed by atoms with Gasteiger partial charge in [-0.05, 0) is 32.6 Å². The molecule has 1 amide bonds. The fraction of sp³-hybridized carbons (Fsp3) is 0.923. The first-order chi connectivity index (χ1) is 8.08. The number of carbonyl (C=O) groups excluding carboxylic acids is 1. The molecule has 0 aromatic rings. The first kappa shape index (κ1) is 14.5. The number of hydrogen-bond donors (Lipinski definition) is 1. The summed E-state index contributed by atoms with van der Waals surface area (Å²) >= 11 is 0. The maximum Gasteiger partial charge on any atom is 0.251 e. The molecule has 4 heteroatoms. The van der Waals surface area contributed by atoms with E-state index in [4.69, 9.17) is 10.5 Å². The maximum absolute atomic E-state index is 12.1. The van der Waals surface area contributed by atoms with Gasteiger partial charge in [0.05, 0.1) is 5.60 Å². The molecule has 1 saturated heterocycles. The Labute approximate surface area is 104 Å². The Balaban J connectivity index is 2.56. The van der Waals surface area contributed by atoms with Crippen LogP contribution in [0.4, 0.5) is 0 Å². The van der Waals surface area contributed by atoms with Crippen molar-refractivity contribution < 1.29 is 9.53 Å². The van der Waals surface area contributed by atoms with Gasteiger partial charge in [0, 0.05) is 19.6 Å². The van der Waals surface area contributed by atoms with E-state index in [0.717, 1.165) is 38.8 Å². The maximum atomic E-state index is 12.1. The molecule has 0 radical (unpaired) electrons. The minimum Gasteiger partial charge on any atom is -0.361 e. The molecule has 17 heavy (non-hydrogen) atoms. The van der Waals surface area contributed by atoms with Crippen LogP contribution in [0.3, 0.4) is 0 Å². The van der Waals surface area contributed by atoms with E-state index >= 15 is 0 Å². The smallest absolute Gasteiger partial charge is 0.251 e. The Bertz CT molecular complexity index is 238. The van der Waals surface area contributed by atoms with Gasteiger partial charge in [0.1, 0.15) is 6.10 Å². The lowest BCUT2D eigenvalue weighted by atomic mass is 9.97. The average Bonchev–Trinajstić information content (AvgIpc) is 2.88. The van der Waals surface area contributed by atoms with E-state index in [-0.39, 0.29) is 17.6 Å². The molecule has 4 nitrogen and oxygen atoms in total. The molecule has 0 spiro atoms. The Kier molecular flexibility index (Phi) is 5.40. The van der Waals surface area contributed by atoms with Gasteiger partial charge in [0.2, 0.25) is 0 Å². The van der Waals surface area contributed by atoms with Crippen LogP contribution in [-0.2, 0) is 9.53 Å². The highest BCUT2D eigenvalue weighted by molar-refractivity contribution is 5.80. The van der Waals surface area contributed by atoms with E-state index in [9.17, 15) is 4.79 Å². The number of rotatable bonds is 6. The second-order valence-corrected chi connectivity index (χ2v) is 4.89. The second kappa shape index (κ2) is 6.36. The molecule has 1 rings (SSSR count). The van der Waals surface area contributed by atoms with E-state index in [2.05, 4.69) is 13.8 Å². The van der Waals surface area contributed by atoms with Crippen molar-refractivity contribution in [2.45, 2.75) is 58.2 Å². The van der Waals surface area contributed by atoms with Gasteiger partial charge in [0.25, 0.3) is 5.91 Å². The first-order valence-corrected chi connectivity index (χ1v) is 6.75. The molecule has 1 fully saturated rings. The summed E-state index contributed by atoms with van der Waals surface area (Å²) in [4.78, 5) is 14.0. The highest BCUT2D eigenvalue weighted by Gasteiger charge is 2.32. The quantitative estimate of drug-likeness (QED) is 0.768. The monoisotopic (exact) mass is 242 g/mol. The third kappa shape index (κ3) is 3.42. The zero-order valence-corrected chi connectivity index (χ0v) is 11.4. The fourth-order valence-electron chi connectivity index (χ4n) is 2.37. The SMILES string of the molecule is CCC(CC)(CN)OC(C)C(=O)N1CCCC1. The third-order valence-electron chi connectivity index (χ3n) is 3.85. The molecular formula is C13H26N2O2. The summed E-state index contributed by atoms with van der Waals surface area (Å²) in [7, 11) is 0. The molecule has 1 aliphatic heterocycles. The summed E-state index contributed by atoms with van der Waals surface area (Å²) < 4.78 is 5.94. The molecule has 0 saturated carbocycles. The van der Waals surface area contributed by atoms with Crippen molar-refractivity contribution in [3.8, 4) is 0 Å². The van der Waals surface area contributed by atoms with E-state index in [1.807, 2.05) is 11.8 Å². The van der Waals surface area contributed by atoms with Crippen molar-refractivity contribution in [2.75, 3.05) is 19.6 Å². The molecule has 0 aliphatic carbocycles. The molecule has 1 heterocycles. The number of hydrogen-bond acceptors (Lipinski definition) is 3. The van der Waals surface area contributed by atoms with Crippen LogP contribution < -0.4 is 5.73 Å². The van der Waals surface area contributed by atoms with Crippen molar-refractivity contribution >= 4 is 5.91 Å². The van der Waals surface area contributed by atoms with E-state index in [1.165, 1.54) is 0 Å². The van der Waals surface area contributed by atoms with Crippen molar-refractivity contribution in [1.82, 2.24) is 4.90 Å². The minimum absolute atomic E-state index is 0.113. The largest absolute Gasteiger partial charge is 0.361 e. The van der Waals surface area contributed by atoms with E-state index < -0.39 is 0 Å². The van der Waals surface area contributed by atoms with Crippen molar-refractivity contribution in [3.05, 3.63) is 0 Å². The van der Waals surface area contributed by atoms with Crippen LogP contribution in [0.2, 0.25) is 0 Å². The standard InChI is InChI=1S/C13H26N2O2/c1-4-13(5-2,10-14)17-11(3)12(16)15-8-6-7-9-15/h11H,4-10,14H2,1-3H3. The molecule has 100 valence electrons. The molecule has 1 atom stereocenters. The van der Waals surface area contributed by atoms with Gasteiger partial charge in [-0.25, -0.2) is 0 Å². The highest BCUT2D eigenvalue weighted by atomic mass is 16.5. The number of amides is 1. The number of ether oxygens (including phenoxy) is 1. The van der Waals surface area contributed by atoms with Gasteiger partial charge in [-0.1, -0.05) is 13.8 Å². The van der Waals surface area contributed by atoms with E-state index in [1.54, 1.807) is 0 Å². The Hall–Kier alpha value is -0.610. The van der Waals surface area contributed by atoms with Crippen molar-refractivity contribution in [2.24, 2.45) is 5.73 Å². The summed E-state index contributed by atoms with van der Waals surface area (Å²) in [5.41, 5.74) is 5.44. The number of carbonyl (C=O) groups is 1. The average molecular weight is 242 g/mol. The summed E-state index contributed by atoms with van der Waals surface area (Å²) in [6, 6.07) is 0. The Morgan fingerprint density at radius 1 is 1.35 bits per heavy atom. The number of nitrogens with zero attached hydrogens (tertiary/aromatic N) is 1. The lowest BCUT2D eigenvalue weighted by Crippen LogP contribution is -2.47. The number of likely N-dealkylation sites (tertiary alicyclic amines) is 1. The topological polar surface area (TPSA) is 55.6 Å². The van der Waals surface area contributed by atoms with Crippen molar-refractivity contribution in [3.63, 3.8) is 0 Å². The van der Waals surface area contributed by atoms with Crippen LogP contribution in [0.15, 0.2) is 0 Å². The molecule has 2 N–H and O–H groups in total. The first-order valence-electron chi connectivity index (χ1n) is 6.75. The van der Waals surface area contributed by atoms with Gasteiger partial charge in [-0.2, -0.15) is 0 Å². The lowest BCUT2D eigenvalue weighted by molar-refractivity contribution is -0.155. The fourth-order valence-corrected chi connectivity index (χ4v) is 2.37. The van der Waals surface area contributed by atoms with Crippen LogP contribution in [-0.4, -0.2) is 42.1 Å². The normalized spacial score (nSPS) is 18.5. The summed E-state index contributed by atoms with van der Waals surface area (Å²) in [5.74, 6) is 0.113. The summed E-state index contributed by atoms with van der Waals surface area (Å²) in [6.07, 6.45) is 3.54. The molecule has 0 aromatic carbocycles. The zero-order chi connectivity index (χ0) is 12.9. The summed E-state index contributed by atoms with van der Waals surface area (Å²) in [6.45, 7) is 8.18. The van der Waals surface area contributed by atoms with Crippen LogP contribution in [0, 0.1) is 0 Å². The highest BCUT2D eigenvalue weighted by Crippen LogP contribution is 2.22. The number of nitrogens with two attached hydrogens (primary N) is 1. The zero-order valence-electron chi connectivity index (χ0n) is 11.4.